The molecule has 0 bridgehead atoms. The van der Waals surface area contributed by atoms with Gasteiger partial charge in [-0.3, -0.25) is 0 Å². The Balaban J connectivity index is 1.79. The van der Waals surface area contributed by atoms with Crippen LogP contribution >= 0.6 is 7.92 Å². The molecule has 1 aromatic carbocycles. The van der Waals surface area contributed by atoms with E-state index < -0.39 is 0 Å². The molecule has 1 aliphatic carbocycles. The Bertz CT molecular complexity index is 471. The Morgan fingerprint density at radius 1 is 1.00 bits per heavy atom. The van der Waals surface area contributed by atoms with Gasteiger partial charge in [-0.2, -0.15) is 0 Å². The van der Waals surface area contributed by atoms with Gasteiger partial charge >= 0.3 is 0 Å². The van der Waals surface area contributed by atoms with Gasteiger partial charge in [-0.1, -0.05) is 61.2 Å². The molecule has 106 valence electrons. The van der Waals surface area contributed by atoms with E-state index in [9.17, 15) is 0 Å². The van der Waals surface area contributed by atoms with E-state index >= 15 is 0 Å². The Kier molecular flexibility index (Phi) is 4.38. The average Bonchev–Trinajstić information content (AvgIpc) is 2.56. The molecule has 2 heteroatoms. The van der Waals surface area contributed by atoms with Gasteiger partial charge in [0.25, 0.3) is 0 Å². The Morgan fingerprint density at radius 3 is 2.25 bits per heavy atom. The first-order valence-corrected chi connectivity index (χ1v) is 9.09. The third kappa shape index (κ3) is 2.75. The van der Waals surface area contributed by atoms with Crippen molar-refractivity contribution in [3.8, 4) is 0 Å². The van der Waals surface area contributed by atoms with Crippen molar-refractivity contribution in [3.05, 3.63) is 54.1 Å². The monoisotopic (exact) mass is 286 g/mol. The molecule has 1 aliphatic heterocycles. The molecule has 0 amide bonds. The summed E-state index contributed by atoms with van der Waals surface area (Å²) in [5.41, 5.74) is -0.145. The zero-order chi connectivity index (χ0) is 13.8. The molecule has 1 nitrogen and oxygen atoms in total. The zero-order valence-electron chi connectivity index (χ0n) is 12.2. The zero-order valence-corrected chi connectivity index (χ0v) is 13.1. The minimum absolute atomic E-state index is 0.145. The molecule has 0 atom stereocenters. The van der Waals surface area contributed by atoms with Crippen LogP contribution in [-0.2, 0) is 4.74 Å². The van der Waals surface area contributed by atoms with Gasteiger partial charge in [0.1, 0.15) is 5.60 Å². The minimum atomic E-state index is -0.293. The van der Waals surface area contributed by atoms with E-state index in [-0.39, 0.29) is 13.5 Å². The van der Waals surface area contributed by atoms with Gasteiger partial charge in [0, 0.05) is 7.11 Å². The lowest BCUT2D eigenvalue weighted by Crippen LogP contribution is -2.38. The molecule has 1 heterocycles. The van der Waals surface area contributed by atoms with E-state index in [1.807, 2.05) is 7.11 Å². The number of benzene rings is 1. The second-order valence-corrected chi connectivity index (χ2v) is 7.69. The summed E-state index contributed by atoms with van der Waals surface area (Å²) in [5, 5.41) is 1.42. The third-order valence-electron chi connectivity index (χ3n) is 4.64. The quantitative estimate of drug-likeness (QED) is 0.725. The maximum absolute atomic E-state index is 5.94. The molecule has 0 unspecified atom stereocenters. The normalized spacial score (nSPS) is 30.6. The molecule has 1 fully saturated rings. The van der Waals surface area contributed by atoms with Crippen molar-refractivity contribution in [3.63, 3.8) is 0 Å². The van der Waals surface area contributed by atoms with E-state index in [1.165, 1.54) is 37.4 Å². The van der Waals surface area contributed by atoms with Crippen LogP contribution in [0.5, 0.6) is 0 Å². The Labute approximate surface area is 123 Å². The van der Waals surface area contributed by atoms with E-state index in [0.29, 0.717) is 5.92 Å². The standard InChI is InChI=1S/C18H23OP/c1-19-18(16-8-4-2-5-9-16)12-14-20(15-13-18)17-10-6-3-7-11-17/h3,6-7,10-16H,2,4-5,8-9H2,1H3. The molecule has 1 saturated carbocycles. The van der Waals surface area contributed by atoms with Gasteiger partial charge in [-0.25, -0.2) is 0 Å². The fraction of sp³-hybridized carbons (Fsp3) is 0.444. The van der Waals surface area contributed by atoms with Gasteiger partial charge in [-0.15, -0.1) is 0 Å². The number of ether oxygens (including phenoxy) is 1. The molecule has 20 heavy (non-hydrogen) atoms. The van der Waals surface area contributed by atoms with E-state index in [2.05, 4.69) is 54.1 Å². The van der Waals surface area contributed by atoms with Crippen LogP contribution in [0.25, 0.3) is 0 Å². The van der Waals surface area contributed by atoms with Crippen LogP contribution in [0.1, 0.15) is 32.1 Å². The molecule has 3 rings (SSSR count). The van der Waals surface area contributed by atoms with Crippen LogP contribution in [-0.4, -0.2) is 12.7 Å². The molecular formula is C18H23OP. The lowest BCUT2D eigenvalue weighted by atomic mass is 9.76. The van der Waals surface area contributed by atoms with Gasteiger partial charge in [0.15, 0.2) is 0 Å². The summed E-state index contributed by atoms with van der Waals surface area (Å²) < 4.78 is 5.94. The van der Waals surface area contributed by atoms with Crippen molar-refractivity contribution in [2.45, 2.75) is 37.7 Å². The van der Waals surface area contributed by atoms with E-state index in [0.717, 1.165) is 0 Å². The van der Waals surface area contributed by atoms with Crippen LogP contribution in [0.3, 0.4) is 0 Å². The lowest BCUT2D eigenvalue weighted by Gasteiger charge is -2.39. The summed E-state index contributed by atoms with van der Waals surface area (Å²) >= 11 is 0. The summed E-state index contributed by atoms with van der Waals surface area (Å²) in [6.07, 6.45) is 11.4. The molecule has 0 N–H and O–H groups in total. The van der Waals surface area contributed by atoms with Crippen LogP contribution < -0.4 is 5.30 Å². The van der Waals surface area contributed by atoms with Gasteiger partial charge < -0.3 is 4.74 Å². The van der Waals surface area contributed by atoms with Crippen molar-refractivity contribution in [2.75, 3.05) is 7.11 Å². The van der Waals surface area contributed by atoms with Crippen molar-refractivity contribution in [1.82, 2.24) is 0 Å². The highest BCUT2D eigenvalue weighted by atomic mass is 31.1. The SMILES string of the molecule is COC1(C2CCCCC2)C=CP(c2ccccc2)C=C1. The largest absolute Gasteiger partial charge is 0.370 e. The van der Waals surface area contributed by atoms with Crippen molar-refractivity contribution in [1.29, 1.82) is 0 Å². The first-order chi connectivity index (χ1) is 9.84. The van der Waals surface area contributed by atoms with Crippen LogP contribution in [0.15, 0.2) is 54.1 Å². The number of hydrogen-bond acceptors (Lipinski definition) is 1. The molecule has 0 spiro atoms. The summed E-state index contributed by atoms with van der Waals surface area (Å²) in [4.78, 5) is 0. The highest BCUT2D eigenvalue weighted by molar-refractivity contribution is 7.71. The molecular weight excluding hydrogens is 263 g/mol. The first-order valence-electron chi connectivity index (χ1n) is 7.61. The average molecular weight is 286 g/mol. The summed E-state index contributed by atoms with van der Waals surface area (Å²) in [7, 11) is 1.57. The fourth-order valence-corrected chi connectivity index (χ4v) is 5.15. The van der Waals surface area contributed by atoms with Crippen LogP contribution in [0.2, 0.25) is 0 Å². The van der Waals surface area contributed by atoms with Crippen molar-refractivity contribution >= 4 is 13.2 Å². The van der Waals surface area contributed by atoms with E-state index in [1.54, 1.807) is 0 Å². The number of methoxy groups -OCH3 is 1. The predicted molar refractivity (Wildman–Crippen MR) is 87.6 cm³/mol. The minimum Gasteiger partial charge on any atom is -0.370 e. The van der Waals surface area contributed by atoms with E-state index in [4.69, 9.17) is 4.74 Å². The third-order valence-corrected chi connectivity index (χ3v) is 6.48. The molecule has 0 saturated heterocycles. The van der Waals surface area contributed by atoms with Gasteiger partial charge in [0.05, 0.1) is 0 Å². The fourth-order valence-electron chi connectivity index (χ4n) is 3.40. The highest BCUT2D eigenvalue weighted by Crippen LogP contribution is 2.47. The van der Waals surface area contributed by atoms with Gasteiger partial charge in [0.2, 0.25) is 0 Å². The maximum atomic E-state index is 5.94. The number of hydrogen-bond donors (Lipinski definition) is 0. The maximum Gasteiger partial charge on any atom is 0.107 e. The van der Waals surface area contributed by atoms with Crippen molar-refractivity contribution in [2.24, 2.45) is 5.92 Å². The molecule has 0 aromatic heterocycles. The second-order valence-electron chi connectivity index (χ2n) is 5.77. The molecule has 0 radical (unpaired) electrons. The predicted octanol–water partition coefficient (Wildman–Crippen LogP) is 4.80. The number of rotatable bonds is 3. The summed E-state index contributed by atoms with van der Waals surface area (Å²) in [6.45, 7) is 0. The summed E-state index contributed by atoms with van der Waals surface area (Å²) in [6, 6.07) is 10.8. The van der Waals surface area contributed by atoms with Crippen LogP contribution in [0, 0.1) is 5.92 Å². The highest BCUT2D eigenvalue weighted by Gasteiger charge is 2.36. The topological polar surface area (TPSA) is 9.23 Å². The second kappa shape index (κ2) is 6.24. The summed E-state index contributed by atoms with van der Waals surface area (Å²) in [5.74, 6) is 5.41. The lowest BCUT2D eigenvalue weighted by molar-refractivity contribution is 0.00798. The van der Waals surface area contributed by atoms with Gasteiger partial charge in [-0.05, 0) is 44.1 Å². The van der Waals surface area contributed by atoms with Crippen molar-refractivity contribution < 1.29 is 4.74 Å². The van der Waals surface area contributed by atoms with Crippen LogP contribution in [0.4, 0.5) is 0 Å². The molecule has 2 aliphatic rings. The molecule has 1 aromatic rings. The first kappa shape index (κ1) is 14.0. The Morgan fingerprint density at radius 2 is 1.65 bits per heavy atom. The Hall–Kier alpha value is -0.910. The smallest absolute Gasteiger partial charge is 0.107 e.